The average Bonchev–Trinajstić information content (AvgIpc) is 2.39. The van der Waals surface area contributed by atoms with E-state index in [9.17, 15) is 13.2 Å². The van der Waals surface area contributed by atoms with E-state index in [2.05, 4.69) is 0 Å². The minimum atomic E-state index is -4.27. The molecule has 1 saturated carbocycles. The molecule has 2 rings (SSSR count). The summed E-state index contributed by atoms with van der Waals surface area (Å²) < 4.78 is 37.9. The largest absolute Gasteiger partial charge is 0.416 e. The van der Waals surface area contributed by atoms with E-state index < -0.39 is 11.7 Å². The number of benzene rings is 1. The van der Waals surface area contributed by atoms with Crippen LogP contribution in [0.2, 0.25) is 0 Å². The monoisotopic (exact) mass is 271 g/mol. The van der Waals surface area contributed by atoms with Crippen LogP contribution in [0.25, 0.3) is 0 Å². The number of hydrogen-bond donors (Lipinski definition) is 1. The Morgan fingerprint density at radius 1 is 1.16 bits per heavy atom. The molecule has 2 N–H and O–H groups in total. The Bertz CT molecular complexity index is 408. The van der Waals surface area contributed by atoms with Crippen molar-refractivity contribution < 1.29 is 13.2 Å². The van der Waals surface area contributed by atoms with Gasteiger partial charge in [0.2, 0.25) is 0 Å². The molecule has 1 nitrogen and oxygen atoms in total. The molecule has 0 aliphatic heterocycles. The molecule has 0 spiro atoms. The van der Waals surface area contributed by atoms with E-state index >= 15 is 0 Å². The topological polar surface area (TPSA) is 26.0 Å². The molecule has 1 aromatic carbocycles. The highest BCUT2D eigenvalue weighted by atomic mass is 19.4. The Morgan fingerprint density at radius 3 is 2.47 bits per heavy atom. The molecule has 0 radical (unpaired) electrons. The summed E-state index contributed by atoms with van der Waals surface area (Å²) in [7, 11) is 0. The highest BCUT2D eigenvalue weighted by Gasteiger charge is 2.30. The quantitative estimate of drug-likeness (QED) is 0.877. The second-order valence-electron chi connectivity index (χ2n) is 5.46. The lowest BCUT2D eigenvalue weighted by Gasteiger charge is -2.27. The molecule has 0 saturated heterocycles. The van der Waals surface area contributed by atoms with Crippen molar-refractivity contribution in [3.8, 4) is 0 Å². The smallest absolute Gasteiger partial charge is 0.327 e. The fourth-order valence-electron chi connectivity index (χ4n) is 2.88. The summed E-state index contributed by atoms with van der Waals surface area (Å²) in [6, 6.07) is 5.51. The predicted octanol–water partition coefficient (Wildman–Crippen LogP) is 4.16. The van der Waals surface area contributed by atoms with Crippen LogP contribution in [0.3, 0.4) is 0 Å². The second-order valence-corrected chi connectivity index (χ2v) is 5.46. The van der Waals surface area contributed by atoms with E-state index in [4.69, 9.17) is 5.73 Å². The first kappa shape index (κ1) is 14.4. The van der Waals surface area contributed by atoms with Gasteiger partial charge in [0, 0.05) is 6.04 Å². The number of nitrogens with two attached hydrogens (primary N) is 1. The summed E-state index contributed by atoms with van der Waals surface area (Å²) in [6.07, 6.45) is 2.13. The fraction of sp³-hybridized carbons (Fsp3) is 0.600. The van der Waals surface area contributed by atoms with Crippen molar-refractivity contribution in [3.05, 3.63) is 35.4 Å². The van der Waals surface area contributed by atoms with Crippen LogP contribution >= 0.6 is 0 Å². The Morgan fingerprint density at radius 2 is 1.84 bits per heavy atom. The van der Waals surface area contributed by atoms with Crippen LogP contribution < -0.4 is 5.73 Å². The lowest BCUT2D eigenvalue weighted by Crippen LogP contribution is -2.33. The van der Waals surface area contributed by atoms with E-state index in [1.807, 2.05) is 0 Å². The summed E-state index contributed by atoms with van der Waals surface area (Å²) in [5, 5.41) is 0. The highest BCUT2D eigenvalue weighted by molar-refractivity contribution is 5.26. The number of alkyl halides is 3. The third-order valence-corrected chi connectivity index (χ3v) is 3.98. The lowest BCUT2D eigenvalue weighted by atomic mass is 9.82. The van der Waals surface area contributed by atoms with Crippen LogP contribution in [-0.2, 0) is 12.6 Å². The van der Waals surface area contributed by atoms with Gasteiger partial charge in [-0.2, -0.15) is 13.2 Å². The van der Waals surface area contributed by atoms with Gasteiger partial charge in [-0.1, -0.05) is 37.5 Å². The summed E-state index contributed by atoms with van der Waals surface area (Å²) in [5.41, 5.74) is 6.26. The minimum Gasteiger partial charge on any atom is -0.327 e. The molecule has 1 aromatic rings. The lowest BCUT2D eigenvalue weighted by molar-refractivity contribution is -0.137. The maximum Gasteiger partial charge on any atom is 0.416 e. The molecule has 0 heterocycles. The first-order valence-corrected chi connectivity index (χ1v) is 6.88. The van der Waals surface area contributed by atoms with Crippen molar-refractivity contribution in [2.75, 3.05) is 0 Å². The van der Waals surface area contributed by atoms with Crippen LogP contribution in [-0.4, -0.2) is 6.04 Å². The maximum absolute atomic E-state index is 12.6. The van der Waals surface area contributed by atoms with Gasteiger partial charge < -0.3 is 5.73 Å². The number of hydrogen-bond acceptors (Lipinski definition) is 1. The third-order valence-electron chi connectivity index (χ3n) is 3.98. The second kappa shape index (κ2) is 5.95. The first-order chi connectivity index (χ1) is 8.97. The van der Waals surface area contributed by atoms with Crippen molar-refractivity contribution in [1.29, 1.82) is 0 Å². The molecule has 1 unspecified atom stereocenters. The first-order valence-electron chi connectivity index (χ1n) is 6.88. The predicted molar refractivity (Wildman–Crippen MR) is 69.7 cm³/mol. The molecular formula is C15H20F3N. The summed E-state index contributed by atoms with van der Waals surface area (Å²) in [6.45, 7) is 0. The van der Waals surface area contributed by atoms with E-state index in [-0.39, 0.29) is 6.04 Å². The van der Waals surface area contributed by atoms with E-state index in [0.717, 1.165) is 18.9 Å². The van der Waals surface area contributed by atoms with Gasteiger partial charge in [0.1, 0.15) is 0 Å². The zero-order valence-corrected chi connectivity index (χ0v) is 10.9. The Labute approximate surface area is 112 Å². The van der Waals surface area contributed by atoms with Crippen LogP contribution in [0.5, 0.6) is 0 Å². The summed E-state index contributed by atoms with van der Waals surface area (Å²) in [5.74, 6) is 0.461. The standard InChI is InChI=1S/C15H20F3N/c16-15(17,18)13-8-4-5-11(9-13)10-14(19)12-6-2-1-3-7-12/h4-5,8-9,12,14H,1-3,6-7,10,19H2. The van der Waals surface area contributed by atoms with Gasteiger partial charge in [0.15, 0.2) is 0 Å². The number of halogens is 3. The molecular weight excluding hydrogens is 251 g/mol. The zero-order chi connectivity index (χ0) is 13.9. The highest BCUT2D eigenvalue weighted by Crippen LogP contribution is 2.31. The fourth-order valence-corrected chi connectivity index (χ4v) is 2.88. The molecule has 1 atom stereocenters. The molecule has 106 valence electrons. The van der Waals surface area contributed by atoms with Crippen LogP contribution in [0.15, 0.2) is 24.3 Å². The molecule has 0 aromatic heterocycles. The van der Waals surface area contributed by atoms with Crippen LogP contribution in [0.4, 0.5) is 13.2 Å². The van der Waals surface area contributed by atoms with Crippen molar-refractivity contribution in [2.45, 2.75) is 50.7 Å². The van der Waals surface area contributed by atoms with E-state index in [0.29, 0.717) is 17.9 Å². The summed E-state index contributed by atoms with van der Waals surface area (Å²) >= 11 is 0. The molecule has 1 aliphatic carbocycles. The Hall–Kier alpha value is -1.03. The van der Waals surface area contributed by atoms with Crippen molar-refractivity contribution in [2.24, 2.45) is 11.7 Å². The molecule has 1 fully saturated rings. The average molecular weight is 271 g/mol. The molecule has 0 amide bonds. The Balaban J connectivity index is 2.02. The molecule has 19 heavy (non-hydrogen) atoms. The minimum absolute atomic E-state index is 0.0243. The van der Waals surface area contributed by atoms with Crippen LogP contribution in [0.1, 0.15) is 43.2 Å². The molecule has 0 bridgehead atoms. The van der Waals surface area contributed by atoms with Crippen LogP contribution in [0, 0.1) is 5.92 Å². The zero-order valence-electron chi connectivity index (χ0n) is 10.9. The molecule has 4 heteroatoms. The van der Waals surface area contributed by atoms with E-state index in [1.54, 1.807) is 6.07 Å². The van der Waals surface area contributed by atoms with Crippen molar-refractivity contribution >= 4 is 0 Å². The summed E-state index contributed by atoms with van der Waals surface area (Å²) in [4.78, 5) is 0. The van der Waals surface area contributed by atoms with Gasteiger partial charge in [-0.25, -0.2) is 0 Å². The van der Waals surface area contributed by atoms with E-state index in [1.165, 1.54) is 31.4 Å². The van der Waals surface area contributed by atoms with Gasteiger partial charge >= 0.3 is 6.18 Å². The number of rotatable bonds is 3. The SMILES string of the molecule is NC(Cc1cccc(C(F)(F)F)c1)C1CCCCC1. The Kier molecular flexibility index (Phi) is 4.50. The maximum atomic E-state index is 12.6. The normalized spacial score (nSPS) is 19.4. The van der Waals surface area contributed by atoms with Crippen molar-refractivity contribution in [3.63, 3.8) is 0 Å². The van der Waals surface area contributed by atoms with Gasteiger partial charge in [-0.15, -0.1) is 0 Å². The third kappa shape index (κ3) is 3.96. The van der Waals surface area contributed by atoms with Gasteiger partial charge in [0.05, 0.1) is 5.56 Å². The van der Waals surface area contributed by atoms with Crippen molar-refractivity contribution in [1.82, 2.24) is 0 Å². The van der Waals surface area contributed by atoms with Gasteiger partial charge in [-0.3, -0.25) is 0 Å². The molecule has 1 aliphatic rings. The van der Waals surface area contributed by atoms with Gasteiger partial charge in [-0.05, 0) is 36.8 Å². The van der Waals surface area contributed by atoms with Gasteiger partial charge in [0.25, 0.3) is 0 Å².